The molecule has 0 saturated heterocycles. The lowest BCUT2D eigenvalue weighted by Crippen LogP contribution is -2.31. The summed E-state index contributed by atoms with van der Waals surface area (Å²) in [5, 5.41) is 13.2. The maximum atomic E-state index is 12.7. The minimum Gasteiger partial charge on any atom is -0.467 e. The van der Waals surface area contributed by atoms with E-state index in [4.69, 9.17) is 8.83 Å². The number of hydrogen-bond acceptors (Lipinski definition) is 5. The molecule has 0 bridgehead atoms. The first-order chi connectivity index (χ1) is 11.6. The van der Waals surface area contributed by atoms with Crippen molar-refractivity contribution in [2.45, 2.75) is 12.6 Å². The van der Waals surface area contributed by atoms with E-state index in [0.717, 1.165) is 10.9 Å². The third-order valence-electron chi connectivity index (χ3n) is 3.75. The van der Waals surface area contributed by atoms with Crippen molar-refractivity contribution in [3.63, 3.8) is 0 Å². The molecule has 2 heterocycles. The maximum Gasteiger partial charge on any atom is 0.288 e. The van der Waals surface area contributed by atoms with Crippen LogP contribution in [0.25, 0.3) is 11.0 Å². The predicted octanol–water partition coefficient (Wildman–Crippen LogP) is 2.55. The van der Waals surface area contributed by atoms with Crippen LogP contribution >= 0.6 is 0 Å². The first kappa shape index (κ1) is 16.3. The van der Waals surface area contributed by atoms with Gasteiger partial charge in [-0.15, -0.1) is 0 Å². The molecule has 2 aromatic heterocycles. The molecule has 126 valence electrons. The molecule has 1 amide bonds. The molecule has 0 aliphatic carbocycles. The first-order valence-electron chi connectivity index (χ1n) is 7.70. The Morgan fingerprint density at radius 3 is 2.71 bits per heavy atom. The van der Waals surface area contributed by atoms with Crippen molar-refractivity contribution in [3.8, 4) is 0 Å². The lowest BCUT2D eigenvalue weighted by atomic mass is 10.1. The molecule has 0 aliphatic heterocycles. The zero-order valence-corrected chi connectivity index (χ0v) is 13.7. The average Bonchev–Trinajstić information content (AvgIpc) is 3.20. The summed E-state index contributed by atoms with van der Waals surface area (Å²) in [4.78, 5) is 14.7. The van der Waals surface area contributed by atoms with Gasteiger partial charge in [0.15, 0.2) is 5.76 Å². The number of benzene rings is 1. The van der Waals surface area contributed by atoms with Crippen LogP contribution in [-0.2, 0) is 6.54 Å². The molecule has 1 unspecified atom stereocenters. The molecule has 1 aromatic carbocycles. The number of para-hydroxylation sites is 1. The molecule has 0 saturated carbocycles. The van der Waals surface area contributed by atoms with E-state index in [9.17, 15) is 9.90 Å². The van der Waals surface area contributed by atoms with Gasteiger partial charge in [-0.1, -0.05) is 18.2 Å². The number of rotatable bonds is 6. The summed E-state index contributed by atoms with van der Waals surface area (Å²) in [6, 6.07) is 10.4. The van der Waals surface area contributed by atoms with Gasteiger partial charge < -0.3 is 24.2 Å². The van der Waals surface area contributed by atoms with Crippen LogP contribution in [0.1, 0.15) is 27.9 Å². The zero-order chi connectivity index (χ0) is 17.1. The Kier molecular flexibility index (Phi) is 4.69. The summed E-state index contributed by atoms with van der Waals surface area (Å²) >= 11 is 0. The van der Waals surface area contributed by atoms with Gasteiger partial charge in [-0.2, -0.15) is 0 Å². The molecule has 6 heteroatoms. The summed E-state index contributed by atoms with van der Waals surface area (Å²) in [6.07, 6.45) is 1.50. The lowest BCUT2D eigenvalue weighted by molar-refractivity contribution is 0.0879. The summed E-state index contributed by atoms with van der Waals surface area (Å²) < 4.78 is 11.0. The molecule has 6 nitrogen and oxygen atoms in total. The highest BCUT2D eigenvalue weighted by Crippen LogP contribution is 2.27. The molecule has 24 heavy (non-hydrogen) atoms. The Balaban J connectivity index is 1.94. The van der Waals surface area contributed by atoms with Gasteiger partial charge in [0.05, 0.1) is 12.9 Å². The number of amides is 1. The van der Waals surface area contributed by atoms with E-state index in [-0.39, 0.29) is 18.3 Å². The van der Waals surface area contributed by atoms with Gasteiger partial charge in [0, 0.05) is 17.5 Å². The Morgan fingerprint density at radius 2 is 2.04 bits per heavy atom. The number of hydrogen-bond donors (Lipinski definition) is 2. The second kappa shape index (κ2) is 6.90. The third kappa shape index (κ3) is 3.20. The molecule has 0 spiro atoms. The van der Waals surface area contributed by atoms with Crippen LogP contribution < -0.4 is 5.32 Å². The van der Waals surface area contributed by atoms with Gasteiger partial charge >= 0.3 is 0 Å². The number of nitrogens with one attached hydrogen (secondary N) is 1. The fraction of sp³-hybridized carbons (Fsp3) is 0.278. The van der Waals surface area contributed by atoms with Crippen LogP contribution in [0.4, 0.5) is 0 Å². The van der Waals surface area contributed by atoms with E-state index in [1.807, 2.05) is 43.3 Å². The van der Waals surface area contributed by atoms with Crippen molar-refractivity contribution in [1.82, 2.24) is 10.2 Å². The van der Waals surface area contributed by atoms with E-state index in [1.54, 1.807) is 12.1 Å². The summed E-state index contributed by atoms with van der Waals surface area (Å²) in [7, 11) is 3.87. The second-order valence-electron chi connectivity index (χ2n) is 5.87. The van der Waals surface area contributed by atoms with Crippen molar-refractivity contribution < 1.29 is 18.7 Å². The molecule has 3 rings (SSSR count). The Bertz CT molecular complexity index is 821. The third-order valence-corrected chi connectivity index (χ3v) is 3.75. The van der Waals surface area contributed by atoms with Crippen molar-refractivity contribution in [3.05, 3.63) is 59.7 Å². The van der Waals surface area contributed by atoms with Crippen molar-refractivity contribution >= 4 is 16.9 Å². The number of fused-ring (bicyclic) bond motifs is 1. The normalized spacial score (nSPS) is 12.7. The highest BCUT2D eigenvalue weighted by molar-refractivity contribution is 5.99. The smallest absolute Gasteiger partial charge is 0.288 e. The zero-order valence-electron chi connectivity index (χ0n) is 13.7. The highest BCUT2D eigenvalue weighted by atomic mass is 16.4. The van der Waals surface area contributed by atoms with Gasteiger partial charge in [0.25, 0.3) is 5.91 Å². The average molecular weight is 328 g/mol. The van der Waals surface area contributed by atoms with E-state index >= 15 is 0 Å². The lowest BCUT2D eigenvalue weighted by Gasteiger charge is -2.14. The minimum absolute atomic E-state index is 0.259. The summed E-state index contributed by atoms with van der Waals surface area (Å²) in [6.45, 7) is 0.312. The second-order valence-corrected chi connectivity index (χ2v) is 5.87. The van der Waals surface area contributed by atoms with Crippen LogP contribution in [0.2, 0.25) is 0 Å². The monoisotopic (exact) mass is 328 g/mol. The van der Waals surface area contributed by atoms with E-state index in [1.165, 1.54) is 6.26 Å². The van der Waals surface area contributed by atoms with Crippen LogP contribution in [0.15, 0.2) is 51.5 Å². The SMILES string of the molecule is CN(C)Cc1c(C(=O)NC(CO)c2ccco2)oc2ccccc12. The molecule has 0 fully saturated rings. The molecule has 3 aromatic rings. The highest BCUT2D eigenvalue weighted by Gasteiger charge is 2.24. The van der Waals surface area contributed by atoms with Gasteiger partial charge in [0.2, 0.25) is 0 Å². The number of nitrogens with zero attached hydrogens (tertiary/aromatic N) is 1. The Hall–Kier alpha value is -2.57. The molecule has 1 atom stereocenters. The van der Waals surface area contributed by atoms with Gasteiger partial charge in [-0.3, -0.25) is 4.79 Å². The molecular formula is C18H20N2O4. The topological polar surface area (TPSA) is 78.9 Å². The summed E-state index contributed by atoms with van der Waals surface area (Å²) in [5.74, 6) is 0.379. The molecule has 0 radical (unpaired) electrons. The van der Waals surface area contributed by atoms with E-state index in [0.29, 0.717) is 17.9 Å². The van der Waals surface area contributed by atoms with Crippen molar-refractivity contribution in [2.24, 2.45) is 0 Å². The quantitative estimate of drug-likeness (QED) is 0.727. The number of aliphatic hydroxyl groups is 1. The maximum absolute atomic E-state index is 12.7. The number of aliphatic hydroxyl groups excluding tert-OH is 1. The van der Waals surface area contributed by atoms with Crippen LogP contribution in [0.5, 0.6) is 0 Å². The number of carbonyl (C=O) groups excluding carboxylic acids is 1. The van der Waals surface area contributed by atoms with Crippen molar-refractivity contribution in [1.29, 1.82) is 0 Å². The largest absolute Gasteiger partial charge is 0.467 e. The Morgan fingerprint density at radius 1 is 1.25 bits per heavy atom. The summed E-state index contributed by atoms with van der Waals surface area (Å²) in [5.41, 5.74) is 1.49. The molecule has 0 aliphatic rings. The predicted molar refractivity (Wildman–Crippen MR) is 89.6 cm³/mol. The Labute approximate surface area is 139 Å². The molecular weight excluding hydrogens is 308 g/mol. The van der Waals surface area contributed by atoms with Gasteiger partial charge in [0.1, 0.15) is 17.4 Å². The number of furan rings is 2. The number of carbonyl (C=O) groups is 1. The van der Waals surface area contributed by atoms with Crippen molar-refractivity contribution in [2.75, 3.05) is 20.7 Å². The fourth-order valence-corrected chi connectivity index (χ4v) is 2.68. The fourth-order valence-electron chi connectivity index (χ4n) is 2.68. The van der Waals surface area contributed by atoms with Crippen LogP contribution in [0.3, 0.4) is 0 Å². The van der Waals surface area contributed by atoms with Gasteiger partial charge in [-0.05, 0) is 32.3 Å². The van der Waals surface area contributed by atoms with E-state index < -0.39 is 6.04 Å². The van der Waals surface area contributed by atoms with E-state index in [2.05, 4.69) is 5.32 Å². The van der Waals surface area contributed by atoms with Gasteiger partial charge in [-0.25, -0.2) is 0 Å². The first-order valence-corrected chi connectivity index (χ1v) is 7.70. The molecule has 2 N–H and O–H groups in total. The van der Waals surface area contributed by atoms with Crippen LogP contribution in [-0.4, -0.2) is 36.6 Å². The minimum atomic E-state index is -0.618. The van der Waals surface area contributed by atoms with Crippen LogP contribution in [0, 0.1) is 0 Å². The standard InChI is InChI=1S/C18H20N2O4/c1-20(2)10-13-12-6-3-4-7-15(12)24-17(13)18(22)19-14(11-21)16-8-5-9-23-16/h3-9,14,21H,10-11H2,1-2H3,(H,19,22).